The second-order valence-electron chi connectivity index (χ2n) is 6.88. The van der Waals surface area contributed by atoms with Gasteiger partial charge in [0.1, 0.15) is 10.8 Å². The molecule has 0 radical (unpaired) electrons. The van der Waals surface area contributed by atoms with Crippen LogP contribution in [0.4, 0.5) is 0 Å². The van der Waals surface area contributed by atoms with Crippen molar-refractivity contribution in [2.24, 2.45) is 0 Å². The Kier molecular flexibility index (Phi) is 4.82. The SMILES string of the molecule is COc1ccc(C2NCc3c(sc4c3CCCC4)-n3cccc32)cc1.Cl. The van der Waals surface area contributed by atoms with E-state index in [1.807, 2.05) is 23.5 Å². The highest BCUT2D eigenvalue weighted by Crippen LogP contribution is 2.40. The maximum Gasteiger partial charge on any atom is 0.118 e. The molecule has 0 fully saturated rings. The molecular formula is C21H23ClN2OS. The number of ether oxygens (including phenoxy) is 1. The zero-order chi connectivity index (χ0) is 16.8. The second-order valence-corrected chi connectivity index (χ2v) is 7.97. The third-order valence-electron chi connectivity index (χ3n) is 5.49. The maximum absolute atomic E-state index is 5.31. The summed E-state index contributed by atoms with van der Waals surface area (Å²) in [5, 5.41) is 5.24. The van der Waals surface area contributed by atoms with Crippen LogP contribution in [0, 0.1) is 0 Å². The number of nitrogens with one attached hydrogen (secondary N) is 1. The lowest BCUT2D eigenvalue weighted by molar-refractivity contribution is 0.414. The van der Waals surface area contributed by atoms with Crippen LogP contribution in [-0.2, 0) is 19.4 Å². The van der Waals surface area contributed by atoms with Crippen LogP contribution >= 0.6 is 23.7 Å². The first-order valence-electron chi connectivity index (χ1n) is 9.03. The fourth-order valence-electron chi connectivity index (χ4n) is 4.20. The van der Waals surface area contributed by atoms with Gasteiger partial charge in [0.15, 0.2) is 0 Å². The van der Waals surface area contributed by atoms with Gasteiger partial charge in [-0.1, -0.05) is 12.1 Å². The van der Waals surface area contributed by atoms with Gasteiger partial charge in [-0.3, -0.25) is 0 Å². The average Bonchev–Trinajstić information content (AvgIpc) is 3.24. The number of methoxy groups -OCH3 is 1. The van der Waals surface area contributed by atoms with E-state index >= 15 is 0 Å². The summed E-state index contributed by atoms with van der Waals surface area (Å²) in [5.41, 5.74) is 5.74. The van der Waals surface area contributed by atoms with Gasteiger partial charge in [0.25, 0.3) is 0 Å². The Morgan fingerprint density at radius 1 is 1.08 bits per heavy atom. The van der Waals surface area contributed by atoms with Crippen LogP contribution in [0.1, 0.15) is 46.1 Å². The fourth-order valence-corrected chi connectivity index (χ4v) is 5.61. The minimum Gasteiger partial charge on any atom is -0.497 e. The van der Waals surface area contributed by atoms with Gasteiger partial charge in [0, 0.05) is 28.9 Å². The van der Waals surface area contributed by atoms with Crippen LogP contribution < -0.4 is 10.1 Å². The van der Waals surface area contributed by atoms with Gasteiger partial charge in [-0.15, -0.1) is 23.7 Å². The molecule has 26 heavy (non-hydrogen) atoms. The van der Waals surface area contributed by atoms with Gasteiger partial charge in [-0.2, -0.15) is 0 Å². The van der Waals surface area contributed by atoms with E-state index in [9.17, 15) is 0 Å². The number of halogens is 1. The molecule has 2 aromatic heterocycles. The van der Waals surface area contributed by atoms with Crippen LogP contribution in [0.25, 0.3) is 5.00 Å². The number of aromatic nitrogens is 1. The molecule has 2 aliphatic rings. The monoisotopic (exact) mass is 386 g/mol. The predicted octanol–water partition coefficient (Wildman–Crippen LogP) is 5.04. The minimum atomic E-state index is 0. The van der Waals surface area contributed by atoms with Gasteiger partial charge >= 0.3 is 0 Å². The number of aryl methyl sites for hydroxylation is 1. The van der Waals surface area contributed by atoms with Crippen molar-refractivity contribution in [1.82, 2.24) is 9.88 Å². The Hall–Kier alpha value is -1.75. The van der Waals surface area contributed by atoms with Gasteiger partial charge in [0.2, 0.25) is 0 Å². The molecule has 1 atom stereocenters. The largest absolute Gasteiger partial charge is 0.497 e. The lowest BCUT2D eigenvalue weighted by Gasteiger charge is -2.19. The molecule has 0 amide bonds. The highest BCUT2D eigenvalue weighted by Gasteiger charge is 2.28. The molecule has 1 N–H and O–H groups in total. The van der Waals surface area contributed by atoms with Gasteiger partial charge in [-0.25, -0.2) is 0 Å². The molecule has 1 unspecified atom stereocenters. The summed E-state index contributed by atoms with van der Waals surface area (Å²) in [6.45, 7) is 0.944. The van der Waals surface area contributed by atoms with E-state index in [4.69, 9.17) is 4.74 Å². The number of thiophene rings is 1. The maximum atomic E-state index is 5.31. The van der Waals surface area contributed by atoms with Crippen molar-refractivity contribution in [2.45, 2.75) is 38.3 Å². The lowest BCUT2D eigenvalue weighted by atomic mass is 9.95. The molecule has 3 nitrogen and oxygen atoms in total. The molecule has 1 aliphatic carbocycles. The average molecular weight is 387 g/mol. The number of hydrogen-bond donors (Lipinski definition) is 1. The Morgan fingerprint density at radius 3 is 2.69 bits per heavy atom. The number of benzene rings is 1. The zero-order valence-corrected chi connectivity index (χ0v) is 16.5. The van der Waals surface area contributed by atoms with Crippen molar-refractivity contribution in [2.75, 3.05) is 7.11 Å². The van der Waals surface area contributed by atoms with Crippen molar-refractivity contribution < 1.29 is 4.74 Å². The van der Waals surface area contributed by atoms with E-state index in [1.165, 1.54) is 47.5 Å². The smallest absolute Gasteiger partial charge is 0.118 e. The van der Waals surface area contributed by atoms with Crippen molar-refractivity contribution in [3.05, 3.63) is 69.9 Å². The first kappa shape index (κ1) is 17.7. The minimum absolute atomic E-state index is 0. The summed E-state index contributed by atoms with van der Waals surface area (Å²) in [6.07, 6.45) is 7.39. The number of hydrogen-bond acceptors (Lipinski definition) is 3. The number of rotatable bonds is 2. The van der Waals surface area contributed by atoms with E-state index in [0.29, 0.717) is 0 Å². The van der Waals surface area contributed by atoms with Crippen LogP contribution in [0.5, 0.6) is 5.75 Å². The summed E-state index contributed by atoms with van der Waals surface area (Å²) < 4.78 is 7.72. The molecule has 1 aliphatic heterocycles. The normalized spacial score (nSPS) is 18.1. The Balaban J connectivity index is 0.00000168. The highest BCUT2D eigenvalue weighted by atomic mass is 35.5. The summed E-state index contributed by atoms with van der Waals surface area (Å²) >= 11 is 2.00. The third kappa shape index (κ3) is 2.77. The third-order valence-corrected chi connectivity index (χ3v) is 6.82. The summed E-state index contributed by atoms with van der Waals surface area (Å²) in [5.74, 6) is 0.904. The Labute approximate surface area is 164 Å². The molecule has 136 valence electrons. The van der Waals surface area contributed by atoms with E-state index in [0.717, 1.165) is 12.3 Å². The topological polar surface area (TPSA) is 26.2 Å². The summed E-state index contributed by atoms with van der Waals surface area (Å²) in [6, 6.07) is 13.1. The van der Waals surface area contributed by atoms with E-state index < -0.39 is 0 Å². The van der Waals surface area contributed by atoms with Crippen molar-refractivity contribution in [3.63, 3.8) is 0 Å². The summed E-state index contributed by atoms with van der Waals surface area (Å²) in [7, 11) is 1.71. The first-order chi connectivity index (χ1) is 12.3. The quantitative estimate of drug-likeness (QED) is 0.667. The molecule has 3 aromatic rings. The van der Waals surface area contributed by atoms with Crippen molar-refractivity contribution in [1.29, 1.82) is 0 Å². The molecule has 0 saturated heterocycles. The lowest BCUT2D eigenvalue weighted by Crippen LogP contribution is -2.21. The van der Waals surface area contributed by atoms with Gasteiger partial charge in [0.05, 0.1) is 13.2 Å². The molecular weight excluding hydrogens is 364 g/mol. The zero-order valence-electron chi connectivity index (χ0n) is 14.8. The molecule has 0 saturated carbocycles. The molecule has 0 spiro atoms. The number of fused-ring (bicyclic) bond motifs is 5. The standard InChI is InChI=1S/C21H22N2OS.ClH/c1-24-15-10-8-14(9-11-15)20-18-6-4-12-23(18)21-17(13-22-20)16-5-2-3-7-19(16)25-21;/h4,6,8-12,20,22H,2-3,5,7,13H2,1H3;1H. The van der Waals surface area contributed by atoms with Crippen LogP contribution in [0.15, 0.2) is 42.6 Å². The van der Waals surface area contributed by atoms with E-state index in [1.54, 1.807) is 17.6 Å². The van der Waals surface area contributed by atoms with E-state index in [2.05, 4.69) is 40.3 Å². The Morgan fingerprint density at radius 2 is 1.88 bits per heavy atom. The fraction of sp³-hybridized carbons (Fsp3) is 0.333. The number of nitrogens with zero attached hydrogens (tertiary/aromatic N) is 1. The van der Waals surface area contributed by atoms with Crippen LogP contribution in [0.3, 0.4) is 0 Å². The van der Waals surface area contributed by atoms with Crippen molar-refractivity contribution in [3.8, 4) is 10.8 Å². The molecule has 3 heterocycles. The van der Waals surface area contributed by atoms with Crippen LogP contribution in [-0.4, -0.2) is 11.7 Å². The highest BCUT2D eigenvalue weighted by molar-refractivity contribution is 7.15. The molecule has 0 bridgehead atoms. The van der Waals surface area contributed by atoms with E-state index in [-0.39, 0.29) is 18.4 Å². The van der Waals surface area contributed by atoms with Gasteiger partial charge in [-0.05, 0) is 61.1 Å². The van der Waals surface area contributed by atoms with Crippen LogP contribution in [0.2, 0.25) is 0 Å². The second kappa shape index (κ2) is 7.10. The Bertz CT molecular complexity index is 913. The predicted molar refractivity (Wildman–Crippen MR) is 109 cm³/mol. The van der Waals surface area contributed by atoms with Gasteiger partial charge < -0.3 is 14.6 Å². The molecule has 5 rings (SSSR count). The van der Waals surface area contributed by atoms with Crippen molar-refractivity contribution >= 4 is 23.7 Å². The first-order valence-corrected chi connectivity index (χ1v) is 9.85. The molecule has 1 aromatic carbocycles. The summed E-state index contributed by atoms with van der Waals surface area (Å²) in [4.78, 5) is 1.61. The molecule has 5 heteroatoms.